The molecule has 0 aromatic heterocycles. The van der Waals surface area contributed by atoms with E-state index >= 15 is 0 Å². The first-order valence-electron chi connectivity index (χ1n) is 11.1. The monoisotopic (exact) mass is 475 g/mol. The van der Waals surface area contributed by atoms with Crippen molar-refractivity contribution in [2.24, 2.45) is 4.99 Å². The highest BCUT2D eigenvalue weighted by Gasteiger charge is 2.35. The number of benzene rings is 1. The summed E-state index contributed by atoms with van der Waals surface area (Å²) in [6.07, 6.45) is -1.51. The van der Waals surface area contributed by atoms with Gasteiger partial charge in [-0.25, -0.2) is 19.3 Å². The molecular formula is C24H37N5O5. The lowest BCUT2D eigenvalue weighted by molar-refractivity contribution is 0.0300. The fourth-order valence-corrected chi connectivity index (χ4v) is 3.17. The summed E-state index contributed by atoms with van der Waals surface area (Å²) in [5, 5.41) is 0. The third-order valence-corrected chi connectivity index (χ3v) is 4.60. The number of ether oxygens (including phenoxy) is 2. The van der Waals surface area contributed by atoms with Crippen LogP contribution in [0, 0.1) is 6.92 Å². The minimum Gasteiger partial charge on any atom is -0.443 e. The van der Waals surface area contributed by atoms with Gasteiger partial charge in [-0.3, -0.25) is 0 Å². The number of urea groups is 1. The second-order valence-electron chi connectivity index (χ2n) is 10.4. The van der Waals surface area contributed by atoms with Crippen molar-refractivity contribution >= 4 is 24.2 Å². The molecule has 10 heteroatoms. The van der Waals surface area contributed by atoms with Crippen molar-refractivity contribution in [3.05, 3.63) is 35.4 Å². The van der Waals surface area contributed by atoms with Gasteiger partial charge in [0.15, 0.2) is 0 Å². The average molecular weight is 476 g/mol. The molecule has 0 N–H and O–H groups in total. The Morgan fingerprint density at radius 3 is 1.91 bits per heavy atom. The molecule has 0 bridgehead atoms. The van der Waals surface area contributed by atoms with Gasteiger partial charge in [-0.1, -0.05) is 29.8 Å². The van der Waals surface area contributed by atoms with E-state index < -0.39 is 23.4 Å². The maximum atomic E-state index is 13.4. The average Bonchev–Trinajstić information content (AvgIpc) is 2.67. The number of aliphatic imine (C=N–C) groups is 1. The lowest BCUT2D eigenvalue weighted by atomic mass is 10.1. The molecule has 1 aliphatic heterocycles. The normalized spacial score (nSPS) is 15.4. The molecule has 4 amide bonds. The van der Waals surface area contributed by atoms with Crippen LogP contribution in [0.15, 0.2) is 29.3 Å². The highest BCUT2D eigenvalue weighted by atomic mass is 16.6. The van der Waals surface area contributed by atoms with E-state index in [1.807, 2.05) is 31.2 Å². The fourth-order valence-electron chi connectivity index (χ4n) is 3.17. The Hall–Kier alpha value is -3.30. The molecule has 1 fully saturated rings. The first-order chi connectivity index (χ1) is 15.6. The summed E-state index contributed by atoms with van der Waals surface area (Å²) in [6.45, 7) is 12.8. The summed E-state index contributed by atoms with van der Waals surface area (Å²) >= 11 is 0. The smallest absolute Gasteiger partial charge is 0.437 e. The maximum Gasteiger partial charge on any atom is 0.437 e. The Morgan fingerprint density at radius 2 is 1.44 bits per heavy atom. The maximum absolute atomic E-state index is 13.4. The fraction of sp³-hybridized carbons (Fsp3) is 0.583. The van der Waals surface area contributed by atoms with Crippen LogP contribution in [-0.2, 0) is 16.0 Å². The number of guanidine groups is 1. The van der Waals surface area contributed by atoms with Crippen molar-refractivity contribution in [2.45, 2.75) is 66.2 Å². The van der Waals surface area contributed by atoms with Crippen LogP contribution < -0.4 is 0 Å². The van der Waals surface area contributed by atoms with Crippen molar-refractivity contribution in [1.29, 1.82) is 0 Å². The number of hydrogen-bond acceptors (Lipinski definition) is 5. The molecule has 0 radical (unpaired) electrons. The van der Waals surface area contributed by atoms with Crippen molar-refractivity contribution in [1.82, 2.24) is 19.6 Å². The van der Waals surface area contributed by atoms with E-state index in [-0.39, 0.29) is 31.9 Å². The van der Waals surface area contributed by atoms with E-state index in [1.54, 1.807) is 60.5 Å². The van der Waals surface area contributed by atoms with E-state index in [0.29, 0.717) is 0 Å². The van der Waals surface area contributed by atoms with Gasteiger partial charge in [-0.15, -0.1) is 4.99 Å². The molecule has 188 valence electrons. The van der Waals surface area contributed by atoms with Gasteiger partial charge in [0.1, 0.15) is 11.2 Å². The largest absolute Gasteiger partial charge is 0.443 e. The van der Waals surface area contributed by atoms with E-state index in [4.69, 9.17) is 9.47 Å². The summed E-state index contributed by atoms with van der Waals surface area (Å²) in [7, 11) is 3.27. The number of hydrogen-bond donors (Lipinski definition) is 0. The Bertz CT molecular complexity index is 917. The highest BCUT2D eigenvalue weighted by molar-refractivity contribution is 5.99. The molecule has 0 saturated carbocycles. The molecule has 0 spiro atoms. The first-order valence-corrected chi connectivity index (χ1v) is 11.1. The summed E-state index contributed by atoms with van der Waals surface area (Å²) in [5.41, 5.74) is 0.354. The minimum atomic E-state index is -0.845. The molecule has 34 heavy (non-hydrogen) atoms. The van der Waals surface area contributed by atoms with Crippen molar-refractivity contribution < 1.29 is 23.9 Å². The minimum absolute atomic E-state index is 0.0373. The number of carbonyl (C=O) groups excluding carboxylic acids is 3. The third kappa shape index (κ3) is 7.93. The SMILES string of the molecule is Cc1ccc(CN(C(=O)OC(C)(C)C)C(=NC(=O)OC(C)(C)C)N2CN(C)C(=O)N(C)C2)cc1. The zero-order valence-electron chi connectivity index (χ0n) is 21.7. The number of nitrogens with zero attached hydrogens (tertiary/aromatic N) is 5. The first kappa shape index (κ1) is 26.9. The van der Waals surface area contributed by atoms with Crippen LogP contribution in [0.4, 0.5) is 14.4 Å². The standard InChI is InChI=1S/C24H37N5O5/c1-17-10-12-18(13-11-17)14-29(22(32)34-24(5,6)7)19(25-20(30)33-23(2,3)4)28-15-26(8)21(31)27(9)16-28/h10-13H,14-16H2,1-9H3. The van der Waals surface area contributed by atoms with Gasteiger partial charge < -0.3 is 24.2 Å². The molecular weight excluding hydrogens is 438 g/mol. The Morgan fingerprint density at radius 1 is 0.941 bits per heavy atom. The molecule has 1 aliphatic rings. The lowest BCUT2D eigenvalue weighted by Crippen LogP contribution is -2.60. The molecule has 0 aliphatic carbocycles. The van der Waals surface area contributed by atoms with Gasteiger partial charge in [-0.05, 0) is 54.0 Å². The predicted molar refractivity (Wildman–Crippen MR) is 129 cm³/mol. The predicted octanol–water partition coefficient (Wildman–Crippen LogP) is 4.24. The number of aryl methyl sites for hydroxylation is 1. The van der Waals surface area contributed by atoms with E-state index in [9.17, 15) is 14.4 Å². The van der Waals surface area contributed by atoms with Crippen LogP contribution in [0.25, 0.3) is 0 Å². The molecule has 1 aromatic carbocycles. The van der Waals surface area contributed by atoms with Crippen LogP contribution in [0.2, 0.25) is 0 Å². The van der Waals surface area contributed by atoms with Gasteiger partial charge in [0.25, 0.3) is 0 Å². The van der Waals surface area contributed by atoms with Crippen LogP contribution >= 0.6 is 0 Å². The van der Waals surface area contributed by atoms with E-state index in [2.05, 4.69) is 4.99 Å². The van der Waals surface area contributed by atoms with Crippen LogP contribution in [0.1, 0.15) is 52.7 Å². The van der Waals surface area contributed by atoms with Crippen LogP contribution in [-0.4, -0.2) is 82.4 Å². The molecule has 1 saturated heterocycles. The van der Waals surface area contributed by atoms with Crippen molar-refractivity contribution in [3.63, 3.8) is 0 Å². The Labute approximate surface area is 202 Å². The van der Waals surface area contributed by atoms with Crippen LogP contribution in [0.5, 0.6) is 0 Å². The zero-order chi connectivity index (χ0) is 25.8. The number of carbonyl (C=O) groups is 3. The Kier molecular flexibility index (Phi) is 8.18. The number of amides is 4. The van der Waals surface area contributed by atoms with Gasteiger partial charge >= 0.3 is 18.2 Å². The van der Waals surface area contributed by atoms with Gasteiger partial charge in [-0.2, -0.15) is 0 Å². The van der Waals surface area contributed by atoms with Crippen molar-refractivity contribution in [3.8, 4) is 0 Å². The summed E-state index contributed by atoms with van der Waals surface area (Å²) < 4.78 is 11.1. The lowest BCUT2D eigenvalue weighted by Gasteiger charge is -2.42. The van der Waals surface area contributed by atoms with Crippen LogP contribution in [0.3, 0.4) is 0 Å². The number of rotatable bonds is 2. The summed E-state index contributed by atoms with van der Waals surface area (Å²) in [5.74, 6) is 0.0373. The topological polar surface area (TPSA) is 95.0 Å². The molecule has 0 atom stereocenters. The summed E-state index contributed by atoms with van der Waals surface area (Å²) in [4.78, 5) is 48.5. The van der Waals surface area contributed by atoms with Crippen molar-refractivity contribution in [2.75, 3.05) is 27.4 Å². The molecule has 1 aromatic rings. The quantitative estimate of drug-likeness (QED) is 0.469. The van der Waals surface area contributed by atoms with Gasteiger partial charge in [0.2, 0.25) is 5.96 Å². The Balaban J connectivity index is 2.55. The van der Waals surface area contributed by atoms with Gasteiger partial charge in [0.05, 0.1) is 19.9 Å². The zero-order valence-corrected chi connectivity index (χ0v) is 21.7. The second-order valence-corrected chi connectivity index (χ2v) is 10.4. The molecule has 10 nitrogen and oxygen atoms in total. The molecule has 0 unspecified atom stereocenters. The molecule has 2 rings (SSSR count). The van der Waals surface area contributed by atoms with E-state index in [0.717, 1.165) is 11.1 Å². The van der Waals surface area contributed by atoms with Gasteiger partial charge in [0, 0.05) is 14.1 Å². The third-order valence-electron chi connectivity index (χ3n) is 4.60. The van der Waals surface area contributed by atoms with E-state index in [1.165, 1.54) is 14.7 Å². The second kappa shape index (κ2) is 10.3. The summed E-state index contributed by atoms with van der Waals surface area (Å²) in [6, 6.07) is 7.49. The highest BCUT2D eigenvalue weighted by Crippen LogP contribution is 2.19. The molecule has 1 heterocycles.